The zero-order valence-electron chi connectivity index (χ0n) is 12.1. The molecule has 1 aliphatic heterocycles. The molecule has 2 heterocycles. The fourth-order valence-electron chi connectivity index (χ4n) is 2.77. The van der Waals surface area contributed by atoms with Crippen LogP contribution in [0.2, 0.25) is 0 Å². The Labute approximate surface area is 124 Å². The maximum absolute atomic E-state index is 4.87. The van der Waals surface area contributed by atoms with E-state index in [4.69, 9.17) is 5.10 Å². The number of aryl methyl sites for hydroxylation is 1. The quantitative estimate of drug-likeness (QED) is 0.931. The van der Waals surface area contributed by atoms with Crippen LogP contribution < -0.4 is 5.32 Å². The number of thioether (sulfide) groups is 1. The summed E-state index contributed by atoms with van der Waals surface area (Å²) in [5.74, 6) is 2.19. The van der Waals surface area contributed by atoms with Crippen molar-refractivity contribution in [3.63, 3.8) is 0 Å². The highest BCUT2D eigenvalue weighted by Crippen LogP contribution is 2.29. The molecule has 106 valence electrons. The first kappa shape index (κ1) is 13.6. The van der Waals surface area contributed by atoms with Gasteiger partial charge in [-0.2, -0.15) is 16.9 Å². The second-order valence-electron chi connectivity index (χ2n) is 5.34. The highest BCUT2D eigenvalue weighted by Gasteiger charge is 2.20. The second-order valence-corrected chi connectivity index (χ2v) is 6.21. The van der Waals surface area contributed by atoms with Crippen LogP contribution in [-0.2, 0) is 12.2 Å². The molecule has 1 N–H and O–H groups in total. The van der Waals surface area contributed by atoms with E-state index in [1.165, 1.54) is 35.5 Å². The SMILES string of the molecule is CSCc1nn(-c2cccc(C)c2)c2c1CCCCN2. The fraction of sp³-hybridized carbons (Fsp3) is 0.438. The average Bonchev–Trinajstić information content (AvgIpc) is 2.62. The van der Waals surface area contributed by atoms with Crippen molar-refractivity contribution in [2.45, 2.75) is 31.9 Å². The van der Waals surface area contributed by atoms with Gasteiger partial charge in [0.15, 0.2) is 0 Å². The molecule has 0 aliphatic carbocycles. The lowest BCUT2D eigenvalue weighted by Gasteiger charge is -2.09. The maximum atomic E-state index is 4.87. The van der Waals surface area contributed by atoms with Gasteiger partial charge in [-0.05, 0) is 50.1 Å². The van der Waals surface area contributed by atoms with Crippen molar-refractivity contribution in [3.05, 3.63) is 41.1 Å². The third-order valence-corrected chi connectivity index (χ3v) is 4.30. The summed E-state index contributed by atoms with van der Waals surface area (Å²) in [6, 6.07) is 8.56. The van der Waals surface area contributed by atoms with Crippen molar-refractivity contribution in [1.82, 2.24) is 9.78 Å². The van der Waals surface area contributed by atoms with E-state index in [0.717, 1.165) is 24.4 Å². The number of benzene rings is 1. The Bertz CT molecular complexity index is 604. The lowest BCUT2D eigenvalue weighted by atomic mass is 10.1. The molecule has 0 saturated heterocycles. The Hall–Kier alpha value is -1.42. The third-order valence-electron chi connectivity index (χ3n) is 3.74. The molecule has 1 aromatic carbocycles. The highest BCUT2D eigenvalue weighted by molar-refractivity contribution is 7.97. The van der Waals surface area contributed by atoms with Gasteiger partial charge in [-0.15, -0.1) is 0 Å². The number of fused-ring (bicyclic) bond motifs is 1. The number of hydrogen-bond acceptors (Lipinski definition) is 3. The first-order chi connectivity index (χ1) is 9.79. The molecule has 20 heavy (non-hydrogen) atoms. The first-order valence-corrected chi connectivity index (χ1v) is 8.59. The van der Waals surface area contributed by atoms with Crippen LogP contribution in [0, 0.1) is 6.92 Å². The van der Waals surface area contributed by atoms with Gasteiger partial charge in [-0.3, -0.25) is 0 Å². The number of anilines is 1. The van der Waals surface area contributed by atoms with Crippen molar-refractivity contribution >= 4 is 17.6 Å². The van der Waals surface area contributed by atoms with E-state index in [-0.39, 0.29) is 0 Å². The minimum absolute atomic E-state index is 0.989. The van der Waals surface area contributed by atoms with Crippen molar-refractivity contribution in [2.24, 2.45) is 0 Å². The molecule has 1 aromatic heterocycles. The van der Waals surface area contributed by atoms with Crippen molar-refractivity contribution < 1.29 is 0 Å². The molecule has 3 rings (SSSR count). The van der Waals surface area contributed by atoms with Crippen molar-refractivity contribution in [1.29, 1.82) is 0 Å². The summed E-state index contributed by atoms with van der Waals surface area (Å²) in [4.78, 5) is 0. The van der Waals surface area contributed by atoms with E-state index in [1.54, 1.807) is 0 Å². The molecular weight excluding hydrogens is 266 g/mol. The maximum Gasteiger partial charge on any atom is 0.133 e. The Morgan fingerprint density at radius 2 is 2.25 bits per heavy atom. The lowest BCUT2D eigenvalue weighted by molar-refractivity contribution is 0.771. The first-order valence-electron chi connectivity index (χ1n) is 7.20. The molecule has 0 atom stereocenters. The largest absolute Gasteiger partial charge is 0.370 e. The van der Waals surface area contributed by atoms with E-state index < -0.39 is 0 Å². The van der Waals surface area contributed by atoms with Crippen molar-refractivity contribution in [2.75, 3.05) is 18.1 Å². The van der Waals surface area contributed by atoms with E-state index in [1.807, 2.05) is 11.8 Å². The lowest BCUT2D eigenvalue weighted by Crippen LogP contribution is -2.07. The highest BCUT2D eigenvalue weighted by atomic mass is 32.2. The topological polar surface area (TPSA) is 29.9 Å². The van der Waals surface area contributed by atoms with Crippen LogP contribution in [-0.4, -0.2) is 22.6 Å². The molecule has 0 radical (unpaired) electrons. The van der Waals surface area contributed by atoms with Crippen LogP contribution in [0.3, 0.4) is 0 Å². The Morgan fingerprint density at radius 3 is 3.05 bits per heavy atom. The van der Waals surface area contributed by atoms with E-state index >= 15 is 0 Å². The summed E-state index contributed by atoms with van der Waals surface area (Å²) in [6.45, 7) is 3.17. The van der Waals surface area contributed by atoms with Crippen LogP contribution in [0.25, 0.3) is 5.69 Å². The minimum atomic E-state index is 0.989. The van der Waals surface area contributed by atoms with Gasteiger partial charge < -0.3 is 5.32 Å². The normalized spacial score (nSPS) is 14.5. The molecule has 2 aromatic rings. The molecule has 0 saturated carbocycles. The molecule has 1 aliphatic rings. The molecular formula is C16H21N3S. The van der Waals surface area contributed by atoms with Crippen LogP contribution in [0.1, 0.15) is 29.7 Å². The summed E-state index contributed by atoms with van der Waals surface area (Å²) in [5.41, 5.74) is 5.08. The van der Waals surface area contributed by atoms with Crippen LogP contribution in [0.15, 0.2) is 24.3 Å². The van der Waals surface area contributed by atoms with Gasteiger partial charge in [0.25, 0.3) is 0 Å². The predicted molar refractivity (Wildman–Crippen MR) is 86.9 cm³/mol. The monoisotopic (exact) mass is 287 g/mol. The Morgan fingerprint density at radius 1 is 1.35 bits per heavy atom. The van der Waals surface area contributed by atoms with E-state index in [2.05, 4.69) is 47.4 Å². The summed E-state index contributed by atoms with van der Waals surface area (Å²) in [6.07, 6.45) is 5.77. The molecule has 4 heteroatoms. The average molecular weight is 287 g/mol. The van der Waals surface area contributed by atoms with Crippen LogP contribution >= 0.6 is 11.8 Å². The fourth-order valence-corrected chi connectivity index (χ4v) is 3.28. The van der Waals surface area contributed by atoms with Gasteiger partial charge in [0, 0.05) is 17.9 Å². The number of aromatic nitrogens is 2. The van der Waals surface area contributed by atoms with Gasteiger partial charge in [0.05, 0.1) is 11.4 Å². The molecule has 0 spiro atoms. The second kappa shape index (κ2) is 5.92. The zero-order chi connectivity index (χ0) is 13.9. The third kappa shape index (κ3) is 2.57. The molecule has 0 unspecified atom stereocenters. The Balaban J connectivity index is 2.10. The number of hydrogen-bond donors (Lipinski definition) is 1. The zero-order valence-corrected chi connectivity index (χ0v) is 13.0. The van der Waals surface area contributed by atoms with Gasteiger partial charge >= 0.3 is 0 Å². The number of nitrogens with one attached hydrogen (secondary N) is 1. The number of nitrogens with zero attached hydrogens (tertiary/aromatic N) is 2. The van der Waals surface area contributed by atoms with Gasteiger partial charge in [0.2, 0.25) is 0 Å². The van der Waals surface area contributed by atoms with Gasteiger partial charge in [-0.25, -0.2) is 4.68 Å². The molecule has 3 nitrogen and oxygen atoms in total. The molecule has 0 bridgehead atoms. The standard InChI is InChI=1S/C16H21N3S/c1-12-6-5-7-13(10-12)19-16-14(8-3-4-9-17-16)15(18-19)11-20-2/h5-7,10,17H,3-4,8-9,11H2,1-2H3. The Kier molecular flexibility index (Phi) is 4.01. The van der Waals surface area contributed by atoms with Crippen molar-refractivity contribution in [3.8, 4) is 5.69 Å². The summed E-state index contributed by atoms with van der Waals surface area (Å²) in [5, 5.41) is 8.45. The smallest absolute Gasteiger partial charge is 0.133 e. The minimum Gasteiger partial charge on any atom is -0.370 e. The summed E-state index contributed by atoms with van der Waals surface area (Å²) < 4.78 is 2.10. The van der Waals surface area contributed by atoms with Gasteiger partial charge in [-0.1, -0.05) is 12.1 Å². The predicted octanol–water partition coefficient (Wildman–Crippen LogP) is 3.79. The van der Waals surface area contributed by atoms with E-state index in [9.17, 15) is 0 Å². The number of rotatable bonds is 3. The van der Waals surface area contributed by atoms with Gasteiger partial charge in [0.1, 0.15) is 5.82 Å². The van der Waals surface area contributed by atoms with Crippen LogP contribution in [0.5, 0.6) is 0 Å². The molecule has 0 amide bonds. The summed E-state index contributed by atoms with van der Waals surface area (Å²) in [7, 11) is 0. The molecule has 0 fully saturated rings. The van der Waals surface area contributed by atoms with E-state index in [0.29, 0.717) is 0 Å². The van der Waals surface area contributed by atoms with Crippen LogP contribution in [0.4, 0.5) is 5.82 Å². The summed E-state index contributed by atoms with van der Waals surface area (Å²) >= 11 is 1.84.